The van der Waals surface area contributed by atoms with Gasteiger partial charge in [-0.25, -0.2) is 0 Å². The molecule has 0 saturated carbocycles. The zero-order valence-electron chi connectivity index (χ0n) is 14.5. The van der Waals surface area contributed by atoms with E-state index in [9.17, 15) is 4.79 Å². The topological polar surface area (TPSA) is 44.8 Å². The molecule has 1 N–H and O–H groups in total. The summed E-state index contributed by atoms with van der Waals surface area (Å²) in [6.07, 6.45) is 5.44. The molecule has 0 atom stereocenters. The summed E-state index contributed by atoms with van der Waals surface area (Å²) in [5.74, 6) is 0.950. The number of hydrogen-bond donors (Lipinski definition) is 1. The van der Waals surface area contributed by atoms with E-state index in [2.05, 4.69) is 28.2 Å². The summed E-state index contributed by atoms with van der Waals surface area (Å²) in [7, 11) is 2.16. The first kappa shape index (κ1) is 17.0. The van der Waals surface area contributed by atoms with E-state index in [1.54, 1.807) is 6.08 Å². The van der Waals surface area contributed by atoms with E-state index in [4.69, 9.17) is 4.74 Å². The minimum atomic E-state index is -0.0230. The second-order valence-corrected chi connectivity index (χ2v) is 6.59. The van der Waals surface area contributed by atoms with Crippen LogP contribution < -0.4 is 10.1 Å². The molecule has 2 aliphatic heterocycles. The fourth-order valence-corrected chi connectivity index (χ4v) is 3.13. The summed E-state index contributed by atoms with van der Waals surface area (Å²) >= 11 is 0. The molecule has 0 spiro atoms. The van der Waals surface area contributed by atoms with Crippen LogP contribution in [0, 0.1) is 0 Å². The molecule has 2 aliphatic rings. The highest BCUT2D eigenvalue weighted by molar-refractivity contribution is 5.91. The van der Waals surface area contributed by atoms with Crippen LogP contribution in [0.1, 0.15) is 17.5 Å². The fourth-order valence-electron chi connectivity index (χ4n) is 3.13. The Morgan fingerprint density at radius 2 is 2.12 bits per heavy atom. The molecule has 2 heterocycles. The molecule has 0 unspecified atom stereocenters. The van der Waals surface area contributed by atoms with E-state index in [-0.39, 0.29) is 5.91 Å². The number of amides is 1. The highest BCUT2D eigenvalue weighted by Crippen LogP contribution is 2.26. The van der Waals surface area contributed by atoms with Crippen LogP contribution in [-0.2, 0) is 11.2 Å². The van der Waals surface area contributed by atoms with Crippen LogP contribution in [0.5, 0.6) is 5.75 Å². The van der Waals surface area contributed by atoms with Crippen molar-refractivity contribution in [1.29, 1.82) is 0 Å². The first-order chi connectivity index (χ1) is 11.7. The van der Waals surface area contributed by atoms with Crippen LogP contribution in [0.15, 0.2) is 24.3 Å². The summed E-state index contributed by atoms with van der Waals surface area (Å²) in [6, 6.07) is 6.07. The summed E-state index contributed by atoms with van der Waals surface area (Å²) in [5.41, 5.74) is 2.27. The van der Waals surface area contributed by atoms with Crippen LogP contribution in [0.4, 0.5) is 0 Å². The molecule has 0 aromatic heterocycles. The van der Waals surface area contributed by atoms with Crippen molar-refractivity contribution < 1.29 is 9.53 Å². The average Bonchev–Trinajstić information content (AvgIpc) is 3.06. The number of benzene rings is 1. The molecule has 5 nitrogen and oxygen atoms in total. The maximum Gasteiger partial charge on any atom is 0.243 e. The summed E-state index contributed by atoms with van der Waals surface area (Å²) < 4.78 is 5.49. The van der Waals surface area contributed by atoms with Crippen LogP contribution in [0.2, 0.25) is 0 Å². The van der Waals surface area contributed by atoms with E-state index in [0.717, 1.165) is 70.0 Å². The predicted octanol–water partition coefficient (Wildman–Crippen LogP) is 1.39. The van der Waals surface area contributed by atoms with Crippen molar-refractivity contribution in [1.82, 2.24) is 15.1 Å². The molecule has 1 fully saturated rings. The Labute approximate surface area is 144 Å². The number of nitrogens with one attached hydrogen (secondary N) is 1. The Morgan fingerprint density at radius 1 is 1.29 bits per heavy atom. The monoisotopic (exact) mass is 329 g/mol. The third-order valence-corrected chi connectivity index (χ3v) is 4.69. The van der Waals surface area contributed by atoms with E-state index in [1.165, 1.54) is 5.56 Å². The highest BCUT2D eigenvalue weighted by atomic mass is 16.5. The number of likely N-dealkylation sites (N-methyl/N-ethyl adjacent to an activating group) is 1. The van der Waals surface area contributed by atoms with Gasteiger partial charge in [0.25, 0.3) is 0 Å². The lowest BCUT2D eigenvalue weighted by Gasteiger charge is -2.32. The van der Waals surface area contributed by atoms with Crippen molar-refractivity contribution in [2.45, 2.75) is 12.8 Å². The lowest BCUT2D eigenvalue weighted by molar-refractivity contribution is -0.116. The molecule has 24 heavy (non-hydrogen) atoms. The number of rotatable bonds is 6. The number of carbonyl (C=O) groups is 1. The quantitative estimate of drug-likeness (QED) is 0.633. The standard InChI is InChI=1S/C19H27N3O2/c1-21-10-12-22(13-11-21)9-2-8-20-19(23)6-4-16-3-5-18-17(15-16)7-14-24-18/h3-6,15H,2,7-14H2,1H3,(H,20,23)/b6-4+. The minimum absolute atomic E-state index is 0.0230. The highest BCUT2D eigenvalue weighted by Gasteiger charge is 2.13. The zero-order valence-corrected chi connectivity index (χ0v) is 14.5. The molecular formula is C19H27N3O2. The van der Waals surface area contributed by atoms with Crippen molar-refractivity contribution in [3.05, 3.63) is 35.4 Å². The van der Waals surface area contributed by atoms with Gasteiger partial charge in [0.2, 0.25) is 5.91 Å². The largest absolute Gasteiger partial charge is 0.493 e. The molecule has 0 bridgehead atoms. The van der Waals surface area contributed by atoms with Gasteiger partial charge in [-0.1, -0.05) is 6.07 Å². The number of fused-ring (bicyclic) bond motifs is 1. The number of piperazine rings is 1. The van der Waals surface area contributed by atoms with E-state index < -0.39 is 0 Å². The molecule has 5 heteroatoms. The lowest BCUT2D eigenvalue weighted by atomic mass is 10.1. The van der Waals surface area contributed by atoms with Gasteiger partial charge < -0.3 is 19.9 Å². The van der Waals surface area contributed by atoms with Crippen LogP contribution in [0.3, 0.4) is 0 Å². The van der Waals surface area contributed by atoms with Gasteiger partial charge in [0, 0.05) is 45.2 Å². The van der Waals surface area contributed by atoms with Crippen molar-refractivity contribution in [2.75, 3.05) is 52.9 Å². The number of nitrogens with zero attached hydrogens (tertiary/aromatic N) is 2. The van der Waals surface area contributed by atoms with Gasteiger partial charge in [-0.15, -0.1) is 0 Å². The van der Waals surface area contributed by atoms with Gasteiger partial charge in [-0.2, -0.15) is 0 Å². The second kappa shape index (κ2) is 8.31. The Balaban J connectivity index is 1.35. The third kappa shape index (κ3) is 4.82. The Bertz CT molecular complexity index is 592. The molecule has 1 saturated heterocycles. The molecule has 130 valence electrons. The van der Waals surface area contributed by atoms with Crippen molar-refractivity contribution in [2.24, 2.45) is 0 Å². The lowest BCUT2D eigenvalue weighted by Crippen LogP contribution is -2.45. The van der Waals surface area contributed by atoms with Crippen molar-refractivity contribution in [3.63, 3.8) is 0 Å². The molecule has 0 aliphatic carbocycles. The SMILES string of the molecule is CN1CCN(CCCNC(=O)/C=C/c2ccc3c(c2)CCO3)CC1. The van der Waals surface area contributed by atoms with E-state index >= 15 is 0 Å². The fraction of sp³-hybridized carbons (Fsp3) is 0.526. The number of hydrogen-bond acceptors (Lipinski definition) is 4. The van der Waals surface area contributed by atoms with Gasteiger partial charge in [-0.3, -0.25) is 4.79 Å². The van der Waals surface area contributed by atoms with E-state index in [0.29, 0.717) is 0 Å². The summed E-state index contributed by atoms with van der Waals surface area (Å²) in [6.45, 7) is 7.09. The Kier molecular flexibility index (Phi) is 5.88. The molecule has 3 rings (SSSR count). The summed E-state index contributed by atoms with van der Waals surface area (Å²) in [4.78, 5) is 16.7. The first-order valence-electron chi connectivity index (χ1n) is 8.83. The van der Waals surface area contributed by atoms with Gasteiger partial charge in [0.1, 0.15) is 5.75 Å². The van der Waals surface area contributed by atoms with Gasteiger partial charge in [0.05, 0.1) is 6.61 Å². The maximum atomic E-state index is 11.9. The predicted molar refractivity (Wildman–Crippen MR) is 96.2 cm³/mol. The third-order valence-electron chi connectivity index (χ3n) is 4.69. The minimum Gasteiger partial charge on any atom is -0.493 e. The first-order valence-corrected chi connectivity index (χ1v) is 8.83. The normalized spacial score (nSPS) is 18.5. The van der Waals surface area contributed by atoms with Gasteiger partial charge >= 0.3 is 0 Å². The zero-order chi connectivity index (χ0) is 16.8. The van der Waals surface area contributed by atoms with Crippen LogP contribution >= 0.6 is 0 Å². The smallest absolute Gasteiger partial charge is 0.243 e. The second-order valence-electron chi connectivity index (χ2n) is 6.59. The van der Waals surface area contributed by atoms with Crippen molar-refractivity contribution in [3.8, 4) is 5.75 Å². The molecule has 1 aromatic rings. The van der Waals surface area contributed by atoms with Crippen LogP contribution in [0.25, 0.3) is 6.08 Å². The molecule has 1 aromatic carbocycles. The summed E-state index contributed by atoms with van der Waals surface area (Å²) in [5, 5.41) is 2.97. The van der Waals surface area contributed by atoms with Crippen molar-refractivity contribution >= 4 is 12.0 Å². The Morgan fingerprint density at radius 3 is 2.96 bits per heavy atom. The maximum absolute atomic E-state index is 11.9. The van der Waals surface area contributed by atoms with Crippen LogP contribution in [-0.4, -0.2) is 68.6 Å². The number of ether oxygens (including phenoxy) is 1. The number of carbonyl (C=O) groups excluding carboxylic acids is 1. The van der Waals surface area contributed by atoms with Gasteiger partial charge in [0.15, 0.2) is 0 Å². The molecule has 1 amide bonds. The van der Waals surface area contributed by atoms with Gasteiger partial charge in [-0.05, 0) is 49.3 Å². The molecular weight excluding hydrogens is 302 g/mol. The van der Waals surface area contributed by atoms with E-state index in [1.807, 2.05) is 18.2 Å². The Hall–Kier alpha value is -1.85. The average molecular weight is 329 g/mol. The molecule has 0 radical (unpaired) electrons.